The molecule has 1 amide bonds. The summed E-state index contributed by atoms with van der Waals surface area (Å²) in [7, 11) is 0. The molecule has 0 aliphatic carbocycles. The van der Waals surface area contributed by atoms with Crippen LogP contribution >= 0.6 is 0 Å². The number of carbonyl (C=O) groups excluding carboxylic acids is 1. The maximum absolute atomic E-state index is 12.6. The molecule has 0 bridgehead atoms. The van der Waals surface area contributed by atoms with Crippen LogP contribution in [0.15, 0.2) is 77.3 Å². The third-order valence-corrected chi connectivity index (χ3v) is 5.79. The molecule has 0 saturated carbocycles. The topological polar surface area (TPSA) is 102 Å². The number of carboxylic acid groups (broad SMARTS) is 1. The number of benzene rings is 3. The van der Waals surface area contributed by atoms with Crippen molar-refractivity contribution < 1.29 is 24.0 Å². The smallest absolute Gasteiger partial charge is 0.412 e. The normalized spacial score (nSPS) is 11.6. The molecule has 0 radical (unpaired) electrons. The summed E-state index contributed by atoms with van der Waals surface area (Å²) < 4.78 is 11.1. The Balaban J connectivity index is 1.48. The van der Waals surface area contributed by atoms with E-state index in [4.69, 9.17) is 14.4 Å². The van der Waals surface area contributed by atoms with Gasteiger partial charge >= 0.3 is 12.1 Å². The van der Waals surface area contributed by atoms with Crippen molar-refractivity contribution in [1.82, 2.24) is 5.16 Å². The van der Waals surface area contributed by atoms with Crippen molar-refractivity contribution in [2.75, 3.05) is 5.32 Å². The number of aliphatic carboxylic acids is 1. The number of anilines is 1. The van der Waals surface area contributed by atoms with Crippen molar-refractivity contribution in [2.45, 2.75) is 33.3 Å². The fourth-order valence-electron chi connectivity index (χ4n) is 3.92. The van der Waals surface area contributed by atoms with E-state index in [1.165, 1.54) is 0 Å². The fraction of sp³-hybridized carbons (Fsp3) is 0.179. The molecule has 1 atom stereocenters. The summed E-state index contributed by atoms with van der Waals surface area (Å²) in [5, 5.41) is 15.7. The van der Waals surface area contributed by atoms with Crippen LogP contribution < -0.4 is 5.32 Å². The molecule has 7 heteroatoms. The highest BCUT2D eigenvalue weighted by Gasteiger charge is 2.20. The van der Waals surface area contributed by atoms with E-state index in [-0.39, 0.29) is 6.42 Å². The van der Waals surface area contributed by atoms with Crippen LogP contribution in [0.2, 0.25) is 0 Å². The lowest BCUT2D eigenvalue weighted by molar-refractivity contribution is -0.136. The third-order valence-electron chi connectivity index (χ3n) is 5.79. The zero-order chi connectivity index (χ0) is 24.9. The Kier molecular flexibility index (Phi) is 6.96. The van der Waals surface area contributed by atoms with Crippen LogP contribution in [-0.2, 0) is 16.0 Å². The first kappa shape index (κ1) is 23.8. The molecule has 1 heterocycles. The number of carboxylic acids is 1. The van der Waals surface area contributed by atoms with Crippen molar-refractivity contribution in [2.24, 2.45) is 0 Å². The Morgan fingerprint density at radius 1 is 0.943 bits per heavy atom. The lowest BCUT2D eigenvalue weighted by atomic mass is 10.0. The molecule has 178 valence electrons. The Labute approximate surface area is 203 Å². The van der Waals surface area contributed by atoms with Crippen molar-refractivity contribution in [3.05, 3.63) is 95.2 Å². The predicted octanol–water partition coefficient (Wildman–Crippen LogP) is 6.56. The van der Waals surface area contributed by atoms with Gasteiger partial charge in [-0.2, -0.15) is 0 Å². The molecule has 0 saturated heterocycles. The largest absolute Gasteiger partial charge is 0.481 e. The van der Waals surface area contributed by atoms with Crippen LogP contribution in [0.25, 0.3) is 22.5 Å². The lowest BCUT2D eigenvalue weighted by Gasteiger charge is -2.16. The molecule has 4 rings (SSSR count). The van der Waals surface area contributed by atoms with E-state index >= 15 is 0 Å². The molecule has 2 N–H and O–H groups in total. The first-order valence-corrected chi connectivity index (χ1v) is 11.2. The summed E-state index contributed by atoms with van der Waals surface area (Å²) >= 11 is 0. The van der Waals surface area contributed by atoms with Gasteiger partial charge in [-0.15, -0.1) is 0 Å². The van der Waals surface area contributed by atoms with E-state index in [0.29, 0.717) is 17.1 Å². The van der Waals surface area contributed by atoms with Gasteiger partial charge in [0.2, 0.25) is 0 Å². The van der Waals surface area contributed by atoms with Crippen LogP contribution in [0.5, 0.6) is 0 Å². The summed E-state index contributed by atoms with van der Waals surface area (Å²) in [5.74, 6) is -0.422. The number of carbonyl (C=O) groups is 2. The van der Waals surface area contributed by atoms with Crippen molar-refractivity contribution in [3.63, 3.8) is 0 Å². The Morgan fingerprint density at radius 3 is 2.17 bits per heavy atom. The van der Waals surface area contributed by atoms with Gasteiger partial charge in [-0.05, 0) is 48.6 Å². The molecule has 1 aromatic heterocycles. The number of hydrogen-bond donors (Lipinski definition) is 2. The summed E-state index contributed by atoms with van der Waals surface area (Å²) in [5.41, 5.74) is 6.41. The molecule has 7 nitrogen and oxygen atoms in total. The van der Waals surface area contributed by atoms with Gasteiger partial charge in [0.05, 0.1) is 6.42 Å². The van der Waals surface area contributed by atoms with Crippen LogP contribution in [0.3, 0.4) is 0 Å². The fourth-order valence-corrected chi connectivity index (χ4v) is 3.92. The maximum Gasteiger partial charge on any atom is 0.412 e. The molecule has 3 aromatic carbocycles. The van der Waals surface area contributed by atoms with Gasteiger partial charge in [-0.25, -0.2) is 4.79 Å². The minimum Gasteiger partial charge on any atom is -0.481 e. The molecule has 1 unspecified atom stereocenters. The number of nitrogens with zero attached hydrogens (tertiary/aromatic N) is 1. The van der Waals surface area contributed by atoms with Crippen molar-refractivity contribution >= 4 is 17.7 Å². The molecule has 4 aromatic rings. The Morgan fingerprint density at radius 2 is 1.54 bits per heavy atom. The number of nitrogens with one attached hydrogen (secondary N) is 1. The summed E-state index contributed by atoms with van der Waals surface area (Å²) in [6.07, 6.45) is -1.02. The Bertz CT molecular complexity index is 1340. The maximum atomic E-state index is 12.6. The second-order valence-corrected chi connectivity index (χ2v) is 8.35. The molecule has 0 aliphatic heterocycles. The highest BCUT2D eigenvalue weighted by atomic mass is 16.6. The first-order valence-electron chi connectivity index (χ1n) is 11.2. The molecule has 35 heavy (non-hydrogen) atoms. The predicted molar refractivity (Wildman–Crippen MR) is 133 cm³/mol. The van der Waals surface area contributed by atoms with Crippen molar-refractivity contribution in [1.29, 1.82) is 0 Å². The SMILES string of the molecule is Cc1ccccc1C(C)OC(=O)Nc1c(C)noc1-c1ccc(-c2ccc(CC(=O)O)cc2)cc1. The van der Waals surface area contributed by atoms with Gasteiger partial charge in [0.15, 0.2) is 5.76 Å². The van der Waals surface area contributed by atoms with Crippen LogP contribution in [0.1, 0.15) is 35.4 Å². The van der Waals surface area contributed by atoms with Gasteiger partial charge in [0.1, 0.15) is 17.5 Å². The zero-order valence-corrected chi connectivity index (χ0v) is 19.7. The summed E-state index contributed by atoms with van der Waals surface area (Å²) in [4.78, 5) is 23.5. The van der Waals surface area contributed by atoms with Gasteiger partial charge < -0.3 is 14.4 Å². The second-order valence-electron chi connectivity index (χ2n) is 8.35. The highest BCUT2D eigenvalue weighted by molar-refractivity contribution is 5.91. The van der Waals surface area contributed by atoms with E-state index in [1.807, 2.05) is 86.6 Å². The van der Waals surface area contributed by atoms with Gasteiger partial charge in [-0.1, -0.05) is 78.0 Å². The van der Waals surface area contributed by atoms with E-state index in [2.05, 4.69) is 10.5 Å². The summed E-state index contributed by atoms with van der Waals surface area (Å²) in [6.45, 7) is 5.56. The second kappa shape index (κ2) is 10.3. The van der Waals surface area contributed by atoms with Gasteiger partial charge in [0, 0.05) is 5.56 Å². The molecular weight excluding hydrogens is 444 g/mol. The molecule has 0 aliphatic rings. The standard InChI is InChI=1S/C28H26N2O5/c1-17-6-4-5-7-24(17)19(3)34-28(33)29-26-18(2)30-35-27(26)23-14-12-22(13-15-23)21-10-8-20(9-11-21)16-25(31)32/h4-15,19H,16H2,1-3H3,(H,29,33)(H,31,32). The molecule has 0 fully saturated rings. The number of aromatic nitrogens is 1. The minimum absolute atomic E-state index is 0.00793. The number of hydrogen-bond acceptors (Lipinski definition) is 5. The van der Waals surface area contributed by atoms with Gasteiger partial charge in [-0.3, -0.25) is 10.1 Å². The average molecular weight is 471 g/mol. The monoisotopic (exact) mass is 470 g/mol. The molecule has 0 spiro atoms. The van der Waals surface area contributed by atoms with Crippen LogP contribution in [0.4, 0.5) is 10.5 Å². The van der Waals surface area contributed by atoms with Crippen LogP contribution in [-0.4, -0.2) is 22.3 Å². The number of ether oxygens (including phenoxy) is 1. The average Bonchev–Trinajstić information content (AvgIpc) is 3.19. The lowest BCUT2D eigenvalue weighted by Crippen LogP contribution is -2.17. The minimum atomic E-state index is -0.859. The van der Waals surface area contributed by atoms with Crippen LogP contribution in [0, 0.1) is 13.8 Å². The highest BCUT2D eigenvalue weighted by Crippen LogP contribution is 2.33. The number of amides is 1. The third kappa shape index (κ3) is 5.58. The quantitative estimate of drug-likeness (QED) is 0.317. The Hall–Kier alpha value is -4.39. The molecular formula is C28H26N2O5. The van der Waals surface area contributed by atoms with Crippen molar-refractivity contribution in [3.8, 4) is 22.5 Å². The van der Waals surface area contributed by atoms with E-state index in [9.17, 15) is 9.59 Å². The van der Waals surface area contributed by atoms with E-state index in [1.54, 1.807) is 6.92 Å². The van der Waals surface area contributed by atoms with E-state index < -0.39 is 18.2 Å². The zero-order valence-electron chi connectivity index (χ0n) is 19.7. The van der Waals surface area contributed by atoms with Gasteiger partial charge in [0.25, 0.3) is 0 Å². The first-order chi connectivity index (χ1) is 16.8. The number of aryl methyl sites for hydroxylation is 2. The van der Waals surface area contributed by atoms with E-state index in [0.717, 1.165) is 33.4 Å². The number of rotatable bonds is 7. The summed E-state index contributed by atoms with van der Waals surface area (Å²) in [6, 6.07) is 22.8.